The molecule has 0 N–H and O–H groups in total. The van der Waals surface area contributed by atoms with Gasteiger partial charge in [-0.05, 0) is 50.8 Å². The van der Waals surface area contributed by atoms with Crippen LogP contribution in [0.15, 0.2) is 18.2 Å². The van der Waals surface area contributed by atoms with E-state index in [1.54, 1.807) is 6.92 Å². The maximum atomic E-state index is 11.1. The average molecular weight is 234 g/mol. The molecule has 0 radical (unpaired) electrons. The number of hydrogen-bond acceptors (Lipinski definition) is 2. The molecule has 2 heteroatoms. The number of ketones is 1. The second-order valence-electron chi connectivity index (χ2n) is 4.77. The SMILES string of the molecule is CC(=O)C(C)CCCOc1cc(C)ccc1C. The Bertz CT molecular complexity index is 383. The van der Waals surface area contributed by atoms with Crippen molar-refractivity contribution >= 4 is 5.78 Å². The lowest BCUT2D eigenvalue weighted by Gasteiger charge is -2.11. The van der Waals surface area contributed by atoms with E-state index in [2.05, 4.69) is 25.1 Å². The summed E-state index contributed by atoms with van der Waals surface area (Å²) in [6.45, 7) is 8.41. The second-order valence-corrected chi connectivity index (χ2v) is 4.77. The lowest BCUT2D eigenvalue weighted by atomic mass is 10.0. The van der Waals surface area contributed by atoms with Crippen molar-refractivity contribution in [2.45, 2.75) is 40.5 Å². The molecule has 1 atom stereocenters. The molecule has 0 saturated heterocycles. The van der Waals surface area contributed by atoms with Gasteiger partial charge in [0.05, 0.1) is 6.61 Å². The van der Waals surface area contributed by atoms with Crippen LogP contribution in [0.5, 0.6) is 5.75 Å². The van der Waals surface area contributed by atoms with Gasteiger partial charge in [0.1, 0.15) is 11.5 Å². The van der Waals surface area contributed by atoms with Crippen molar-refractivity contribution in [1.82, 2.24) is 0 Å². The molecule has 0 aliphatic carbocycles. The highest BCUT2D eigenvalue weighted by atomic mass is 16.5. The van der Waals surface area contributed by atoms with Crippen molar-refractivity contribution in [3.8, 4) is 5.75 Å². The third-order valence-corrected chi connectivity index (χ3v) is 3.08. The lowest BCUT2D eigenvalue weighted by molar-refractivity contribution is -0.120. The zero-order valence-corrected chi connectivity index (χ0v) is 11.2. The minimum absolute atomic E-state index is 0.150. The van der Waals surface area contributed by atoms with Crippen molar-refractivity contribution in [3.63, 3.8) is 0 Å². The summed E-state index contributed by atoms with van der Waals surface area (Å²) in [5, 5.41) is 0. The van der Waals surface area contributed by atoms with Crippen molar-refractivity contribution < 1.29 is 9.53 Å². The van der Waals surface area contributed by atoms with Crippen molar-refractivity contribution in [2.75, 3.05) is 6.61 Å². The maximum Gasteiger partial charge on any atom is 0.132 e. The van der Waals surface area contributed by atoms with Gasteiger partial charge in [-0.2, -0.15) is 0 Å². The van der Waals surface area contributed by atoms with E-state index in [9.17, 15) is 4.79 Å². The van der Waals surface area contributed by atoms with Crippen LogP contribution >= 0.6 is 0 Å². The number of rotatable bonds is 6. The fourth-order valence-corrected chi connectivity index (χ4v) is 1.64. The fraction of sp³-hybridized carbons (Fsp3) is 0.533. The molecule has 0 aliphatic heterocycles. The first kappa shape index (κ1) is 13.8. The Hall–Kier alpha value is -1.31. The van der Waals surface area contributed by atoms with E-state index in [4.69, 9.17) is 4.74 Å². The van der Waals surface area contributed by atoms with E-state index in [-0.39, 0.29) is 11.7 Å². The van der Waals surface area contributed by atoms with Crippen LogP contribution < -0.4 is 4.74 Å². The lowest BCUT2D eigenvalue weighted by Crippen LogP contribution is -2.08. The second kappa shape index (κ2) is 6.43. The van der Waals surface area contributed by atoms with Gasteiger partial charge in [0.15, 0.2) is 0 Å². The average Bonchev–Trinajstić information content (AvgIpc) is 2.28. The fourth-order valence-electron chi connectivity index (χ4n) is 1.64. The highest BCUT2D eigenvalue weighted by molar-refractivity contribution is 5.77. The molecule has 0 spiro atoms. The van der Waals surface area contributed by atoms with Crippen molar-refractivity contribution in [1.29, 1.82) is 0 Å². The van der Waals surface area contributed by atoms with Gasteiger partial charge in [-0.15, -0.1) is 0 Å². The zero-order valence-electron chi connectivity index (χ0n) is 11.2. The number of ether oxygens (including phenoxy) is 1. The van der Waals surface area contributed by atoms with Gasteiger partial charge in [-0.3, -0.25) is 4.79 Å². The molecule has 1 rings (SSSR count). The number of aryl methyl sites for hydroxylation is 2. The van der Waals surface area contributed by atoms with Gasteiger partial charge in [0, 0.05) is 5.92 Å². The number of hydrogen-bond donors (Lipinski definition) is 0. The van der Waals surface area contributed by atoms with Gasteiger partial charge in [0.25, 0.3) is 0 Å². The van der Waals surface area contributed by atoms with Crippen LogP contribution in [-0.4, -0.2) is 12.4 Å². The molecule has 0 amide bonds. The summed E-state index contributed by atoms with van der Waals surface area (Å²) < 4.78 is 5.74. The standard InChI is InChI=1S/C15H22O2/c1-11-7-8-13(3)15(10-11)17-9-5-6-12(2)14(4)16/h7-8,10,12H,5-6,9H2,1-4H3. The minimum atomic E-state index is 0.150. The van der Waals surface area contributed by atoms with Gasteiger partial charge in [-0.1, -0.05) is 19.1 Å². The maximum absolute atomic E-state index is 11.1. The van der Waals surface area contributed by atoms with Gasteiger partial charge >= 0.3 is 0 Å². The Morgan fingerprint density at radius 3 is 2.71 bits per heavy atom. The van der Waals surface area contributed by atoms with Crippen LogP contribution in [0, 0.1) is 19.8 Å². The van der Waals surface area contributed by atoms with Crippen LogP contribution in [0.2, 0.25) is 0 Å². The first-order chi connectivity index (χ1) is 8.00. The van der Waals surface area contributed by atoms with Crippen molar-refractivity contribution in [3.05, 3.63) is 29.3 Å². The molecule has 0 bridgehead atoms. The molecular weight excluding hydrogens is 212 g/mol. The summed E-state index contributed by atoms with van der Waals surface area (Å²) in [4.78, 5) is 11.1. The predicted octanol–water partition coefficient (Wildman–Crippen LogP) is 3.69. The van der Waals surface area contributed by atoms with E-state index in [1.165, 1.54) is 5.56 Å². The summed E-state index contributed by atoms with van der Waals surface area (Å²) in [7, 11) is 0. The monoisotopic (exact) mass is 234 g/mol. The van der Waals surface area contributed by atoms with Crippen LogP contribution in [0.1, 0.15) is 37.8 Å². The molecule has 17 heavy (non-hydrogen) atoms. The Kier molecular flexibility index (Phi) is 5.20. The summed E-state index contributed by atoms with van der Waals surface area (Å²) in [5.41, 5.74) is 2.37. The third-order valence-electron chi connectivity index (χ3n) is 3.08. The Balaban J connectivity index is 2.36. The molecule has 0 aromatic heterocycles. The molecule has 94 valence electrons. The molecule has 0 saturated carbocycles. The molecule has 1 unspecified atom stereocenters. The minimum Gasteiger partial charge on any atom is -0.493 e. The molecule has 0 heterocycles. The van der Waals surface area contributed by atoms with Crippen LogP contribution in [-0.2, 0) is 4.79 Å². The molecule has 1 aromatic rings. The van der Waals surface area contributed by atoms with Crippen molar-refractivity contribution in [2.24, 2.45) is 5.92 Å². The number of benzene rings is 1. The topological polar surface area (TPSA) is 26.3 Å². The molecule has 0 aliphatic rings. The van der Waals surface area contributed by atoms with Gasteiger partial charge in [0.2, 0.25) is 0 Å². The van der Waals surface area contributed by atoms with Crippen LogP contribution in [0.25, 0.3) is 0 Å². The summed E-state index contributed by atoms with van der Waals surface area (Å²) in [5.74, 6) is 1.37. The quantitative estimate of drug-likeness (QED) is 0.702. The summed E-state index contributed by atoms with van der Waals surface area (Å²) >= 11 is 0. The Morgan fingerprint density at radius 2 is 2.06 bits per heavy atom. The third kappa shape index (κ3) is 4.59. The van der Waals surface area contributed by atoms with Gasteiger partial charge < -0.3 is 4.74 Å². The van der Waals surface area contributed by atoms with E-state index < -0.39 is 0 Å². The largest absolute Gasteiger partial charge is 0.493 e. The Morgan fingerprint density at radius 1 is 1.35 bits per heavy atom. The number of carbonyl (C=O) groups excluding carboxylic acids is 1. The number of carbonyl (C=O) groups is 1. The van der Waals surface area contributed by atoms with E-state index >= 15 is 0 Å². The van der Waals surface area contributed by atoms with Crippen LogP contribution in [0.3, 0.4) is 0 Å². The summed E-state index contributed by atoms with van der Waals surface area (Å²) in [6.07, 6.45) is 1.83. The van der Waals surface area contributed by atoms with E-state index in [0.29, 0.717) is 6.61 Å². The molecule has 2 nitrogen and oxygen atoms in total. The van der Waals surface area contributed by atoms with Gasteiger partial charge in [-0.25, -0.2) is 0 Å². The normalized spacial score (nSPS) is 12.2. The molecule has 0 fully saturated rings. The van der Waals surface area contributed by atoms with E-state index in [0.717, 1.165) is 24.2 Å². The van der Waals surface area contributed by atoms with Crippen LogP contribution in [0.4, 0.5) is 0 Å². The number of Topliss-reactive ketones (excluding diaryl/α,β-unsaturated/α-hetero) is 1. The smallest absolute Gasteiger partial charge is 0.132 e. The first-order valence-electron chi connectivity index (χ1n) is 6.21. The highest BCUT2D eigenvalue weighted by Crippen LogP contribution is 2.19. The Labute approximate surface area is 104 Å². The predicted molar refractivity (Wildman–Crippen MR) is 70.5 cm³/mol. The zero-order chi connectivity index (χ0) is 12.8. The highest BCUT2D eigenvalue weighted by Gasteiger charge is 2.07. The molecule has 1 aromatic carbocycles. The molecular formula is C15H22O2. The first-order valence-corrected chi connectivity index (χ1v) is 6.21. The van der Waals surface area contributed by atoms with E-state index in [1.807, 2.05) is 13.8 Å². The summed E-state index contributed by atoms with van der Waals surface area (Å²) in [6, 6.07) is 6.21.